The van der Waals surface area contributed by atoms with Gasteiger partial charge in [-0.3, -0.25) is 4.90 Å². The van der Waals surface area contributed by atoms with E-state index < -0.39 is 0 Å². The second kappa shape index (κ2) is 6.50. The molecule has 2 nitrogen and oxygen atoms in total. The zero-order valence-electron chi connectivity index (χ0n) is 13.6. The topological polar surface area (TPSA) is 15.3 Å². The van der Waals surface area contributed by atoms with Crippen LogP contribution in [-0.2, 0) is 6.42 Å². The van der Waals surface area contributed by atoms with Gasteiger partial charge in [0, 0.05) is 31.7 Å². The molecule has 21 heavy (non-hydrogen) atoms. The lowest BCUT2D eigenvalue weighted by atomic mass is 9.74. The zero-order chi connectivity index (χ0) is 14.7. The minimum absolute atomic E-state index is 0.544. The van der Waals surface area contributed by atoms with Crippen molar-refractivity contribution >= 4 is 0 Å². The van der Waals surface area contributed by atoms with Gasteiger partial charge < -0.3 is 5.32 Å². The van der Waals surface area contributed by atoms with E-state index in [9.17, 15) is 0 Å². The maximum atomic E-state index is 3.72. The fourth-order valence-electron chi connectivity index (χ4n) is 4.19. The third-order valence-corrected chi connectivity index (χ3v) is 5.31. The van der Waals surface area contributed by atoms with E-state index in [0.717, 1.165) is 19.0 Å². The average Bonchev–Trinajstić information content (AvgIpc) is 2.47. The summed E-state index contributed by atoms with van der Waals surface area (Å²) >= 11 is 0. The summed E-state index contributed by atoms with van der Waals surface area (Å²) in [6.45, 7) is 8.49. The minimum Gasteiger partial charge on any atom is -0.311 e. The summed E-state index contributed by atoms with van der Waals surface area (Å²) in [5, 5.41) is 3.72. The van der Waals surface area contributed by atoms with Gasteiger partial charge in [0.05, 0.1) is 0 Å². The van der Waals surface area contributed by atoms with Crippen molar-refractivity contribution in [3.05, 3.63) is 35.9 Å². The van der Waals surface area contributed by atoms with Crippen LogP contribution in [0.1, 0.15) is 45.1 Å². The Morgan fingerprint density at radius 2 is 2.05 bits per heavy atom. The Balaban J connectivity index is 1.58. The molecule has 116 valence electrons. The Labute approximate surface area is 129 Å². The molecule has 1 aromatic rings. The molecule has 2 aliphatic rings. The molecule has 0 bridgehead atoms. The normalized spacial score (nSPS) is 30.2. The molecule has 1 saturated carbocycles. The summed E-state index contributed by atoms with van der Waals surface area (Å²) in [4.78, 5) is 2.77. The van der Waals surface area contributed by atoms with Crippen LogP contribution in [0.2, 0.25) is 0 Å². The highest BCUT2D eigenvalue weighted by Gasteiger charge is 2.33. The molecule has 2 atom stereocenters. The van der Waals surface area contributed by atoms with Crippen molar-refractivity contribution in [2.75, 3.05) is 19.6 Å². The van der Waals surface area contributed by atoms with Crippen molar-refractivity contribution in [2.45, 2.75) is 58.0 Å². The van der Waals surface area contributed by atoms with Crippen LogP contribution in [-0.4, -0.2) is 36.6 Å². The molecular formula is C19H30N2. The molecule has 0 radical (unpaired) electrons. The van der Waals surface area contributed by atoms with Crippen LogP contribution in [0.15, 0.2) is 30.3 Å². The van der Waals surface area contributed by atoms with Gasteiger partial charge in [0.2, 0.25) is 0 Å². The van der Waals surface area contributed by atoms with Crippen LogP contribution in [0, 0.1) is 5.41 Å². The first-order chi connectivity index (χ1) is 10.1. The molecular weight excluding hydrogens is 256 g/mol. The number of hydrogen-bond acceptors (Lipinski definition) is 2. The van der Waals surface area contributed by atoms with Gasteiger partial charge in [0.25, 0.3) is 0 Å². The van der Waals surface area contributed by atoms with Crippen molar-refractivity contribution in [1.82, 2.24) is 10.2 Å². The molecule has 0 amide bonds. The summed E-state index contributed by atoms with van der Waals surface area (Å²) in [6, 6.07) is 12.3. The second-order valence-corrected chi connectivity index (χ2v) is 7.75. The molecule has 1 heterocycles. The molecule has 2 unspecified atom stereocenters. The van der Waals surface area contributed by atoms with Gasteiger partial charge in [0.15, 0.2) is 0 Å². The highest BCUT2D eigenvalue weighted by atomic mass is 15.2. The summed E-state index contributed by atoms with van der Waals surface area (Å²) in [6.07, 6.45) is 6.76. The third-order valence-electron chi connectivity index (χ3n) is 5.31. The molecule has 0 aromatic heterocycles. The third kappa shape index (κ3) is 4.08. The molecule has 2 heteroatoms. The summed E-state index contributed by atoms with van der Waals surface area (Å²) in [7, 11) is 0. The molecule has 0 spiro atoms. The lowest BCUT2D eigenvalue weighted by molar-refractivity contribution is 0.0706. The first kappa shape index (κ1) is 15.1. The predicted octanol–water partition coefficient (Wildman–Crippen LogP) is 3.47. The first-order valence-corrected chi connectivity index (χ1v) is 8.64. The minimum atomic E-state index is 0.544. The van der Waals surface area contributed by atoms with Crippen molar-refractivity contribution in [3.8, 4) is 0 Å². The van der Waals surface area contributed by atoms with Gasteiger partial charge in [-0.15, -0.1) is 0 Å². The number of benzene rings is 1. The van der Waals surface area contributed by atoms with Gasteiger partial charge in [-0.1, -0.05) is 50.6 Å². The van der Waals surface area contributed by atoms with E-state index in [2.05, 4.69) is 54.4 Å². The van der Waals surface area contributed by atoms with E-state index in [1.54, 1.807) is 0 Å². The van der Waals surface area contributed by atoms with Gasteiger partial charge in [-0.2, -0.15) is 0 Å². The second-order valence-electron chi connectivity index (χ2n) is 7.75. The Morgan fingerprint density at radius 1 is 1.24 bits per heavy atom. The highest BCUT2D eigenvalue weighted by Crippen LogP contribution is 2.37. The van der Waals surface area contributed by atoms with Gasteiger partial charge in [-0.05, 0) is 36.7 Å². The molecule has 1 aliphatic carbocycles. The standard InChI is InChI=1S/C19H30N2/c1-19(2)10-6-9-18(14-19)21-12-11-20-17(15-21)13-16-7-4-3-5-8-16/h3-5,7-8,17-18,20H,6,9-15H2,1-2H3. The summed E-state index contributed by atoms with van der Waals surface area (Å²) in [5.74, 6) is 0. The Morgan fingerprint density at radius 3 is 2.81 bits per heavy atom. The molecule has 1 N–H and O–H groups in total. The maximum Gasteiger partial charge on any atom is 0.0236 e. The van der Waals surface area contributed by atoms with Gasteiger partial charge in [-0.25, -0.2) is 0 Å². The van der Waals surface area contributed by atoms with Crippen LogP contribution in [0.3, 0.4) is 0 Å². The maximum absolute atomic E-state index is 3.72. The van der Waals surface area contributed by atoms with Crippen LogP contribution in [0.5, 0.6) is 0 Å². The van der Waals surface area contributed by atoms with Crippen LogP contribution < -0.4 is 5.32 Å². The number of nitrogens with one attached hydrogen (secondary N) is 1. The van der Waals surface area contributed by atoms with E-state index in [4.69, 9.17) is 0 Å². The largest absolute Gasteiger partial charge is 0.311 e. The van der Waals surface area contributed by atoms with E-state index in [1.807, 2.05) is 0 Å². The zero-order valence-corrected chi connectivity index (χ0v) is 13.6. The monoisotopic (exact) mass is 286 g/mol. The summed E-state index contributed by atoms with van der Waals surface area (Å²) in [5.41, 5.74) is 2.00. The predicted molar refractivity (Wildman–Crippen MR) is 89.5 cm³/mol. The number of hydrogen-bond donors (Lipinski definition) is 1. The molecule has 1 aliphatic heterocycles. The lowest BCUT2D eigenvalue weighted by Crippen LogP contribution is -2.55. The molecule has 1 aromatic carbocycles. The number of piperazine rings is 1. The van der Waals surface area contributed by atoms with Crippen molar-refractivity contribution in [3.63, 3.8) is 0 Å². The van der Waals surface area contributed by atoms with Crippen LogP contribution >= 0.6 is 0 Å². The fourth-order valence-corrected chi connectivity index (χ4v) is 4.19. The SMILES string of the molecule is CC1(C)CCCC(N2CCNC(Cc3ccccc3)C2)C1. The van der Waals surface area contributed by atoms with E-state index >= 15 is 0 Å². The van der Waals surface area contributed by atoms with Crippen molar-refractivity contribution in [1.29, 1.82) is 0 Å². The molecule has 1 saturated heterocycles. The Hall–Kier alpha value is -0.860. The Kier molecular flexibility index (Phi) is 4.66. The lowest BCUT2D eigenvalue weighted by Gasteiger charge is -2.44. The quantitative estimate of drug-likeness (QED) is 0.915. The van der Waals surface area contributed by atoms with Gasteiger partial charge >= 0.3 is 0 Å². The Bertz CT molecular complexity index is 440. The number of nitrogens with zero attached hydrogens (tertiary/aromatic N) is 1. The van der Waals surface area contributed by atoms with E-state index in [1.165, 1.54) is 44.3 Å². The van der Waals surface area contributed by atoms with Gasteiger partial charge in [0.1, 0.15) is 0 Å². The number of rotatable bonds is 3. The molecule has 3 rings (SSSR count). The van der Waals surface area contributed by atoms with E-state index in [0.29, 0.717) is 11.5 Å². The molecule has 2 fully saturated rings. The smallest absolute Gasteiger partial charge is 0.0236 e. The van der Waals surface area contributed by atoms with Crippen LogP contribution in [0.25, 0.3) is 0 Å². The average molecular weight is 286 g/mol. The van der Waals surface area contributed by atoms with E-state index in [-0.39, 0.29) is 0 Å². The van der Waals surface area contributed by atoms with Crippen molar-refractivity contribution < 1.29 is 0 Å². The fraction of sp³-hybridized carbons (Fsp3) is 0.684. The van der Waals surface area contributed by atoms with Crippen molar-refractivity contribution in [2.24, 2.45) is 5.41 Å². The summed E-state index contributed by atoms with van der Waals surface area (Å²) < 4.78 is 0. The highest BCUT2D eigenvalue weighted by molar-refractivity contribution is 5.16. The first-order valence-electron chi connectivity index (χ1n) is 8.64. The van der Waals surface area contributed by atoms with Crippen LogP contribution in [0.4, 0.5) is 0 Å².